The molecule has 104 valence electrons. The number of carboxylic acid groups (broad SMARTS) is 2. The van der Waals surface area contributed by atoms with Crippen molar-refractivity contribution in [3.05, 3.63) is 35.4 Å². The lowest BCUT2D eigenvalue weighted by atomic mass is 9.97. The Morgan fingerprint density at radius 3 is 2.00 bits per heavy atom. The SMILES string of the molecule is CCCCCc1ccc(CC(C(=O)O)C(=O)O)cc1. The minimum atomic E-state index is -1.37. The Balaban J connectivity index is 2.60. The quantitative estimate of drug-likeness (QED) is 0.559. The predicted molar refractivity (Wildman–Crippen MR) is 72.1 cm³/mol. The topological polar surface area (TPSA) is 74.6 Å². The molecule has 0 aromatic heterocycles. The monoisotopic (exact) mass is 264 g/mol. The summed E-state index contributed by atoms with van der Waals surface area (Å²) in [4.78, 5) is 21.6. The van der Waals surface area contributed by atoms with Crippen LogP contribution in [0.1, 0.15) is 37.3 Å². The van der Waals surface area contributed by atoms with Crippen LogP contribution in [0.4, 0.5) is 0 Å². The summed E-state index contributed by atoms with van der Waals surface area (Å²) in [7, 11) is 0. The van der Waals surface area contributed by atoms with Crippen molar-refractivity contribution in [3.63, 3.8) is 0 Å². The second-order valence-electron chi connectivity index (χ2n) is 4.71. The van der Waals surface area contributed by atoms with Gasteiger partial charge in [-0.1, -0.05) is 44.0 Å². The first-order chi connectivity index (χ1) is 9.04. The van der Waals surface area contributed by atoms with Gasteiger partial charge in [0.15, 0.2) is 5.92 Å². The van der Waals surface area contributed by atoms with Crippen molar-refractivity contribution in [2.24, 2.45) is 5.92 Å². The summed E-state index contributed by atoms with van der Waals surface area (Å²) in [6.07, 6.45) is 4.55. The Labute approximate surface area is 113 Å². The second kappa shape index (κ2) is 7.56. The van der Waals surface area contributed by atoms with E-state index in [1.165, 1.54) is 18.4 Å². The van der Waals surface area contributed by atoms with Crippen LogP contribution in [0.3, 0.4) is 0 Å². The fourth-order valence-electron chi connectivity index (χ4n) is 1.94. The molecule has 0 aliphatic heterocycles. The van der Waals surface area contributed by atoms with E-state index in [1.807, 2.05) is 24.3 Å². The summed E-state index contributed by atoms with van der Waals surface area (Å²) in [5, 5.41) is 17.6. The molecular formula is C15H20O4. The van der Waals surface area contributed by atoms with E-state index in [0.29, 0.717) is 0 Å². The van der Waals surface area contributed by atoms with E-state index in [0.717, 1.165) is 18.4 Å². The van der Waals surface area contributed by atoms with Gasteiger partial charge in [0.1, 0.15) is 0 Å². The molecule has 0 spiro atoms. The van der Waals surface area contributed by atoms with Crippen LogP contribution < -0.4 is 0 Å². The number of hydrogen-bond acceptors (Lipinski definition) is 2. The van der Waals surface area contributed by atoms with Crippen LogP contribution in [0, 0.1) is 5.92 Å². The average Bonchev–Trinajstić information content (AvgIpc) is 2.37. The molecule has 19 heavy (non-hydrogen) atoms. The molecule has 2 N–H and O–H groups in total. The smallest absolute Gasteiger partial charge is 0.318 e. The molecule has 0 heterocycles. The molecule has 0 saturated heterocycles. The highest BCUT2D eigenvalue weighted by atomic mass is 16.4. The number of carboxylic acids is 2. The number of benzene rings is 1. The molecule has 0 saturated carbocycles. The number of unbranched alkanes of at least 4 members (excludes halogenated alkanes) is 2. The van der Waals surface area contributed by atoms with Gasteiger partial charge in [-0.25, -0.2) is 0 Å². The van der Waals surface area contributed by atoms with E-state index in [4.69, 9.17) is 10.2 Å². The molecule has 1 aromatic carbocycles. The van der Waals surface area contributed by atoms with Gasteiger partial charge in [-0.15, -0.1) is 0 Å². The molecule has 0 radical (unpaired) electrons. The van der Waals surface area contributed by atoms with E-state index in [-0.39, 0.29) is 6.42 Å². The van der Waals surface area contributed by atoms with Crippen molar-refractivity contribution in [2.75, 3.05) is 0 Å². The van der Waals surface area contributed by atoms with Crippen LogP contribution in [-0.2, 0) is 22.4 Å². The summed E-state index contributed by atoms with van der Waals surface area (Å²) >= 11 is 0. The van der Waals surface area contributed by atoms with Gasteiger partial charge < -0.3 is 10.2 Å². The van der Waals surface area contributed by atoms with Crippen LogP contribution in [0.5, 0.6) is 0 Å². The molecule has 0 aliphatic rings. The lowest BCUT2D eigenvalue weighted by molar-refractivity contribution is -0.154. The van der Waals surface area contributed by atoms with Crippen LogP contribution in [0.2, 0.25) is 0 Å². The third kappa shape index (κ3) is 5.12. The largest absolute Gasteiger partial charge is 0.481 e. The van der Waals surface area contributed by atoms with Crippen molar-refractivity contribution in [2.45, 2.75) is 39.0 Å². The summed E-state index contributed by atoms with van der Waals surface area (Å²) in [5.74, 6) is -3.95. The molecule has 0 fully saturated rings. The molecule has 4 heteroatoms. The molecule has 1 aromatic rings. The normalized spacial score (nSPS) is 10.6. The lowest BCUT2D eigenvalue weighted by Crippen LogP contribution is -2.25. The minimum Gasteiger partial charge on any atom is -0.481 e. The van der Waals surface area contributed by atoms with E-state index in [9.17, 15) is 9.59 Å². The number of aliphatic carboxylic acids is 2. The van der Waals surface area contributed by atoms with Crippen LogP contribution in [-0.4, -0.2) is 22.2 Å². The van der Waals surface area contributed by atoms with E-state index >= 15 is 0 Å². The molecule has 0 atom stereocenters. The average molecular weight is 264 g/mol. The van der Waals surface area contributed by atoms with Crippen molar-refractivity contribution in [1.82, 2.24) is 0 Å². The van der Waals surface area contributed by atoms with Crippen molar-refractivity contribution in [1.29, 1.82) is 0 Å². The number of carbonyl (C=O) groups is 2. The number of aryl methyl sites for hydroxylation is 1. The first-order valence-electron chi connectivity index (χ1n) is 6.58. The highest BCUT2D eigenvalue weighted by Crippen LogP contribution is 2.13. The Morgan fingerprint density at radius 1 is 1.00 bits per heavy atom. The summed E-state index contributed by atoms with van der Waals surface area (Å²) < 4.78 is 0. The van der Waals surface area contributed by atoms with E-state index in [1.54, 1.807) is 0 Å². The maximum atomic E-state index is 10.8. The van der Waals surface area contributed by atoms with Gasteiger partial charge in [-0.05, 0) is 30.4 Å². The Morgan fingerprint density at radius 2 is 1.53 bits per heavy atom. The molecule has 0 bridgehead atoms. The lowest BCUT2D eigenvalue weighted by Gasteiger charge is -2.08. The van der Waals surface area contributed by atoms with E-state index in [2.05, 4.69) is 6.92 Å². The van der Waals surface area contributed by atoms with E-state index < -0.39 is 17.9 Å². The Bertz CT molecular complexity index is 408. The Hall–Kier alpha value is -1.84. The van der Waals surface area contributed by atoms with Crippen LogP contribution in [0.15, 0.2) is 24.3 Å². The highest BCUT2D eigenvalue weighted by Gasteiger charge is 2.25. The van der Waals surface area contributed by atoms with Gasteiger partial charge in [0.25, 0.3) is 0 Å². The molecular weight excluding hydrogens is 244 g/mol. The van der Waals surface area contributed by atoms with Gasteiger partial charge in [0, 0.05) is 0 Å². The highest BCUT2D eigenvalue weighted by molar-refractivity contribution is 5.93. The number of hydrogen-bond donors (Lipinski definition) is 2. The predicted octanol–water partition coefficient (Wildman–Crippen LogP) is 2.75. The molecule has 1 rings (SSSR count). The zero-order valence-corrected chi connectivity index (χ0v) is 11.1. The molecule has 0 unspecified atom stereocenters. The third-order valence-corrected chi connectivity index (χ3v) is 3.13. The minimum absolute atomic E-state index is 0.0277. The third-order valence-electron chi connectivity index (χ3n) is 3.13. The maximum absolute atomic E-state index is 10.8. The fourth-order valence-corrected chi connectivity index (χ4v) is 1.94. The van der Waals surface area contributed by atoms with Crippen molar-refractivity contribution in [3.8, 4) is 0 Å². The second-order valence-corrected chi connectivity index (χ2v) is 4.71. The maximum Gasteiger partial charge on any atom is 0.318 e. The number of rotatable bonds is 8. The van der Waals surface area contributed by atoms with Gasteiger partial charge in [-0.2, -0.15) is 0 Å². The summed E-state index contributed by atoms with van der Waals surface area (Å²) in [5.41, 5.74) is 1.95. The zero-order chi connectivity index (χ0) is 14.3. The van der Waals surface area contributed by atoms with Gasteiger partial charge in [-0.3, -0.25) is 9.59 Å². The van der Waals surface area contributed by atoms with Crippen molar-refractivity contribution >= 4 is 11.9 Å². The standard InChI is InChI=1S/C15H20O4/c1-2-3-4-5-11-6-8-12(9-7-11)10-13(14(16)17)15(18)19/h6-9,13H,2-5,10H2,1H3,(H,16,17)(H,18,19). The zero-order valence-electron chi connectivity index (χ0n) is 11.1. The molecule has 0 aliphatic carbocycles. The van der Waals surface area contributed by atoms with Crippen LogP contribution in [0.25, 0.3) is 0 Å². The first kappa shape index (κ1) is 15.2. The fraction of sp³-hybridized carbons (Fsp3) is 0.467. The molecule has 4 nitrogen and oxygen atoms in total. The van der Waals surface area contributed by atoms with Gasteiger partial charge in [0.05, 0.1) is 0 Å². The van der Waals surface area contributed by atoms with Crippen LogP contribution >= 0.6 is 0 Å². The van der Waals surface area contributed by atoms with Gasteiger partial charge in [0.2, 0.25) is 0 Å². The first-order valence-corrected chi connectivity index (χ1v) is 6.58. The summed E-state index contributed by atoms with van der Waals surface area (Å²) in [6, 6.07) is 7.54. The Kier molecular flexibility index (Phi) is 6.06. The molecule has 0 amide bonds. The summed E-state index contributed by atoms with van der Waals surface area (Å²) in [6.45, 7) is 2.15. The van der Waals surface area contributed by atoms with Crippen molar-refractivity contribution < 1.29 is 19.8 Å². The van der Waals surface area contributed by atoms with Gasteiger partial charge >= 0.3 is 11.9 Å².